The Morgan fingerprint density at radius 1 is 1.56 bits per heavy atom. The molecule has 0 aliphatic carbocycles. The number of ether oxygens (including phenoxy) is 2. The first-order chi connectivity index (χ1) is 8.69. The molecule has 0 saturated heterocycles. The molecule has 94 valence electrons. The molecule has 1 aromatic carbocycles. The second-order valence-electron chi connectivity index (χ2n) is 3.24. The van der Waals surface area contributed by atoms with E-state index in [0.29, 0.717) is 29.0 Å². The zero-order valence-corrected chi connectivity index (χ0v) is 11.4. The van der Waals surface area contributed by atoms with E-state index < -0.39 is 5.97 Å². The van der Waals surface area contributed by atoms with E-state index in [1.807, 2.05) is 6.07 Å². The molecular formula is C13H12BrNO3. The molecule has 0 aliphatic rings. The summed E-state index contributed by atoms with van der Waals surface area (Å²) in [7, 11) is 0. The van der Waals surface area contributed by atoms with Gasteiger partial charge in [-0.25, -0.2) is 4.79 Å². The average Bonchev–Trinajstić information content (AvgIpc) is 2.38. The van der Waals surface area contributed by atoms with Crippen molar-refractivity contribution in [2.45, 2.75) is 6.92 Å². The number of alkyl halides is 1. The molecule has 0 saturated carbocycles. The van der Waals surface area contributed by atoms with Gasteiger partial charge < -0.3 is 9.47 Å². The second kappa shape index (κ2) is 7.51. The number of nitriles is 1. The summed E-state index contributed by atoms with van der Waals surface area (Å²) in [4.78, 5) is 11.3. The quantitative estimate of drug-likeness (QED) is 0.363. The van der Waals surface area contributed by atoms with E-state index in [2.05, 4.69) is 15.9 Å². The largest absolute Gasteiger partial charge is 0.463 e. The minimum absolute atomic E-state index is 0.314. The van der Waals surface area contributed by atoms with Gasteiger partial charge >= 0.3 is 5.97 Å². The molecule has 0 spiro atoms. The van der Waals surface area contributed by atoms with Crippen LogP contribution in [0.25, 0.3) is 0 Å². The molecule has 1 aromatic rings. The smallest absolute Gasteiger partial charge is 0.334 e. The Morgan fingerprint density at radius 3 is 2.94 bits per heavy atom. The lowest BCUT2D eigenvalue weighted by molar-refractivity contribution is -0.137. The maximum Gasteiger partial charge on any atom is 0.334 e. The minimum atomic E-state index is -0.455. The molecule has 0 aliphatic heterocycles. The fourth-order valence-corrected chi connectivity index (χ4v) is 1.47. The maximum absolute atomic E-state index is 11.3. The topological polar surface area (TPSA) is 59.3 Å². The van der Waals surface area contributed by atoms with Crippen molar-refractivity contribution in [2.75, 3.05) is 11.9 Å². The first-order valence-corrected chi connectivity index (χ1v) is 6.43. The summed E-state index contributed by atoms with van der Waals surface area (Å²) in [6.45, 7) is 2.05. The highest BCUT2D eigenvalue weighted by molar-refractivity contribution is 9.09. The van der Waals surface area contributed by atoms with Gasteiger partial charge in [-0.05, 0) is 25.1 Å². The van der Waals surface area contributed by atoms with Crippen LogP contribution in [0.4, 0.5) is 0 Å². The lowest BCUT2D eigenvalue weighted by Crippen LogP contribution is -2.05. The zero-order valence-electron chi connectivity index (χ0n) is 9.85. The van der Waals surface area contributed by atoms with Crippen molar-refractivity contribution in [1.82, 2.24) is 0 Å². The van der Waals surface area contributed by atoms with E-state index >= 15 is 0 Å². The van der Waals surface area contributed by atoms with Gasteiger partial charge in [0.2, 0.25) is 0 Å². The Morgan fingerprint density at radius 2 is 2.33 bits per heavy atom. The van der Waals surface area contributed by atoms with Gasteiger partial charge in [0.25, 0.3) is 0 Å². The number of esters is 1. The summed E-state index contributed by atoms with van der Waals surface area (Å²) < 4.78 is 10.3. The SMILES string of the molecule is CCOC(=O)C=C(CBr)Oc1cccc(C#N)c1. The molecule has 0 bridgehead atoms. The summed E-state index contributed by atoms with van der Waals surface area (Å²) in [6.07, 6.45) is 1.28. The number of halogens is 1. The van der Waals surface area contributed by atoms with Crippen LogP contribution in [0.3, 0.4) is 0 Å². The van der Waals surface area contributed by atoms with E-state index in [1.165, 1.54) is 6.08 Å². The first-order valence-electron chi connectivity index (χ1n) is 5.31. The van der Waals surface area contributed by atoms with Crippen LogP contribution in [0.15, 0.2) is 36.1 Å². The van der Waals surface area contributed by atoms with Gasteiger partial charge in [0, 0.05) is 0 Å². The van der Waals surface area contributed by atoms with Gasteiger partial charge in [-0.15, -0.1) is 0 Å². The van der Waals surface area contributed by atoms with E-state index in [-0.39, 0.29) is 0 Å². The number of rotatable bonds is 5. The number of nitrogens with zero attached hydrogens (tertiary/aromatic N) is 1. The lowest BCUT2D eigenvalue weighted by atomic mass is 10.2. The third kappa shape index (κ3) is 4.60. The molecule has 0 N–H and O–H groups in total. The van der Waals surface area contributed by atoms with Crippen LogP contribution in [0.5, 0.6) is 5.75 Å². The number of hydrogen-bond donors (Lipinski definition) is 0. The van der Waals surface area contributed by atoms with Gasteiger partial charge in [0.05, 0.1) is 29.6 Å². The molecule has 5 heteroatoms. The van der Waals surface area contributed by atoms with Crippen LogP contribution in [0.1, 0.15) is 12.5 Å². The minimum Gasteiger partial charge on any atom is -0.463 e. The van der Waals surface area contributed by atoms with Crippen molar-refractivity contribution in [3.63, 3.8) is 0 Å². The highest BCUT2D eigenvalue weighted by Gasteiger charge is 2.05. The highest BCUT2D eigenvalue weighted by Crippen LogP contribution is 2.16. The Labute approximate surface area is 114 Å². The Balaban J connectivity index is 2.79. The van der Waals surface area contributed by atoms with Gasteiger partial charge in [0.1, 0.15) is 11.5 Å². The highest BCUT2D eigenvalue weighted by atomic mass is 79.9. The predicted octanol–water partition coefficient (Wildman–Crippen LogP) is 2.78. The Hall–Kier alpha value is -1.80. The van der Waals surface area contributed by atoms with Crippen molar-refractivity contribution in [3.8, 4) is 11.8 Å². The van der Waals surface area contributed by atoms with Gasteiger partial charge in [-0.3, -0.25) is 0 Å². The number of carbonyl (C=O) groups is 1. The standard InChI is InChI=1S/C13H12BrNO3/c1-2-17-13(16)7-12(8-14)18-11-5-3-4-10(6-11)9-15/h3-7H,2,8H2,1H3. The van der Waals surface area contributed by atoms with Gasteiger partial charge in [-0.2, -0.15) is 5.26 Å². The fraction of sp³-hybridized carbons (Fsp3) is 0.231. The molecule has 0 aromatic heterocycles. The molecule has 0 fully saturated rings. The molecule has 0 amide bonds. The zero-order chi connectivity index (χ0) is 13.4. The van der Waals surface area contributed by atoms with Gasteiger partial charge in [0.15, 0.2) is 0 Å². The maximum atomic E-state index is 11.3. The number of hydrogen-bond acceptors (Lipinski definition) is 4. The molecule has 0 unspecified atom stereocenters. The van der Waals surface area contributed by atoms with Crippen molar-refractivity contribution in [1.29, 1.82) is 5.26 Å². The van der Waals surface area contributed by atoms with Crippen LogP contribution in [-0.4, -0.2) is 17.9 Å². The third-order valence-electron chi connectivity index (χ3n) is 1.91. The summed E-state index contributed by atoms with van der Waals surface area (Å²) in [5, 5.41) is 9.14. The van der Waals surface area contributed by atoms with Gasteiger partial charge in [-0.1, -0.05) is 22.0 Å². The molecule has 0 atom stereocenters. The van der Waals surface area contributed by atoms with E-state index in [0.717, 1.165) is 0 Å². The predicted molar refractivity (Wildman–Crippen MR) is 70.3 cm³/mol. The molecule has 0 radical (unpaired) electrons. The van der Waals surface area contributed by atoms with Crippen molar-refractivity contribution in [2.24, 2.45) is 0 Å². The Bertz CT molecular complexity index is 491. The van der Waals surface area contributed by atoms with E-state index in [4.69, 9.17) is 14.7 Å². The van der Waals surface area contributed by atoms with Crippen LogP contribution in [0.2, 0.25) is 0 Å². The van der Waals surface area contributed by atoms with Crippen molar-refractivity contribution >= 4 is 21.9 Å². The van der Waals surface area contributed by atoms with E-state index in [1.54, 1.807) is 31.2 Å². The normalized spacial score (nSPS) is 10.6. The second-order valence-corrected chi connectivity index (χ2v) is 3.80. The molecule has 1 rings (SSSR count). The number of allylic oxidation sites excluding steroid dienone is 1. The molecule has 18 heavy (non-hydrogen) atoms. The van der Waals surface area contributed by atoms with Crippen molar-refractivity contribution < 1.29 is 14.3 Å². The summed E-state index contributed by atoms with van der Waals surface area (Å²) in [6, 6.07) is 8.72. The number of benzene rings is 1. The van der Waals surface area contributed by atoms with Crippen LogP contribution >= 0.6 is 15.9 Å². The van der Waals surface area contributed by atoms with Crippen LogP contribution < -0.4 is 4.74 Å². The van der Waals surface area contributed by atoms with Crippen LogP contribution in [-0.2, 0) is 9.53 Å². The Kier molecular flexibility index (Phi) is 5.95. The molecule has 0 heterocycles. The summed E-state index contributed by atoms with van der Waals surface area (Å²) in [5.74, 6) is 0.468. The molecule has 4 nitrogen and oxygen atoms in total. The third-order valence-corrected chi connectivity index (χ3v) is 2.46. The van der Waals surface area contributed by atoms with Crippen molar-refractivity contribution in [3.05, 3.63) is 41.7 Å². The monoisotopic (exact) mass is 309 g/mol. The average molecular weight is 310 g/mol. The van der Waals surface area contributed by atoms with E-state index in [9.17, 15) is 4.79 Å². The first kappa shape index (κ1) is 14.3. The summed E-state index contributed by atoms with van der Waals surface area (Å²) >= 11 is 3.22. The fourth-order valence-electron chi connectivity index (χ4n) is 1.19. The number of carbonyl (C=O) groups excluding carboxylic acids is 1. The summed E-state index contributed by atoms with van der Waals surface area (Å²) in [5.41, 5.74) is 0.498. The molecular weight excluding hydrogens is 298 g/mol. The lowest BCUT2D eigenvalue weighted by Gasteiger charge is -2.07. The van der Waals surface area contributed by atoms with Crippen LogP contribution in [0, 0.1) is 11.3 Å².